The number of nitrogens with two attached hydrogens (primary N) is 1. The van der Waals surface area contributed by atoms with Crippen LogP contribution in [0.25, 0.3) is 0 Å². The minimum Gasteiger partial charge on any atom is -0.330 e. The average molecular weight is 195 g/mol. The number of rotatable bonds is 4. The molecule has 0 aliphatic carbocycles. The molecule has 14 heavy (non-hydrogen) atoms. The van der Waals surface area contributed by atoms with Gasteiger partial charge in [-0.05, 0) is 38.3 Å². The lowest BCUT2D eigenvalue weighted by Gasteiger charge is -2.09. The van der Waals surface area contributed by atoms with Gasteiger partial charge in [-0.3, -0.25) is 4.68 Å². The Kier molecular flexibility index (Phi) is 3.69. The molecule has 1 unspecified atom stereocenters. The molecular formula is C11H21N3. The Hall–Kier alpha value is -0.830. The van der Waals surface area contributed by atoms with Crippen LogP contribution in [-0.2, 0) is 6.54 Å². The Bertz CT molecular complexity index is 302. The summed E-state index contributed by atoms with van der Waals surface area (Å²) >= 11 is 0. The zero-order chi connectivity index (χ0) is 10.7. The van der Waals surface area contributed by atoms with Crippen molar-refractivity contribution in [3.8, 4) is 0 Å². The molecular weight excluding hydrogens is 174 g/mol. The van der Waals surface area contributed by atoms with Crippen LogP contribution in [0.4, 0.5) is 0 Å². The molecule has 0 aromatic carbocycles. The van der Waals surface area contributed by atoms with Crippen molar-refractivity contribution in [3.05, 3.63) is 17.0 Å². The van der Waals surface area contributed by atoms with E-state index < -0.39 is 0 Å². The number of hydrogen-bond donors (Lipinski definition) is 1. The molecule has 80 valence electrons. The van der Waals surface area contributed by atoms with Crippen molar-refractivity contribution in [3.63, 3.8) is 0 Å². The second-order valence-electron chi connectivity index (χ2n) is 3.94. The predicted molar refractivity (Wildman–Crippen MR) is 59.5 cm³/mol. The Morgan fingerprint density at radius 2 is 2.07 bits per heavy atom. The van der Waals surface area contributed by atoms with Crippen molar-refractivity contribution in [2.24, 2.45) is 5.73 Å². The van der Waals surface area contributed by atoms with Gasteiger partial charge >= 0.3 is 0 Å². The minimum absolute atomic E-state index is 0.417. The molecule has 0 saturated heterocycles. The van der Waals surface area contributed by atoms with Gasteiger partial charge in [-0.25, -0.2) is 0 Å². The third kappa shape index (κ3) is 1.98. The summed E-state index contributed by atoms with van der Waals surface area (Å²) in [5.74, 6) is 0.417. The van der Waals surface area contributed by atoms with Gasteiger partial charge < -0.3 is 5.73 Å². The smallest absolute Gasteiger partial charge is 0.0631 e. The fourth-order valence-electron chi connectivity index (χ4n) is 1.97. The summed E-state index contributed by atoms with van der Waals surface area (Å²) in [7, 11) is 0. The Morgan fingerprint density at radius 3 is 2.57 bits per heavy atom. The van der Waals surface area contributed by atoms with Crippen LogP contribution in [0.2, 0.25) is 0 Å². The summed E-state index contributed by atoms with van der Waals surface area (Å²) in [5, 5.41) is 4.53. The fourth-order valence-corrected chi connectivity index (χ4v) is 1.97. The maximum atomic E-state index is 5.69. The summed E-state index contributed by atoms with van der Waals surface area (Å²) < 4.78 is 2.09. The Labute approximate surface area is 86.3 Å². The van der Waals surface area contributed by atoms with Gasteiger partial charge in [-0.15, -0.1) is 0 Å². The van der Waals surface area contributed by atoms with E-state index in [-0.39, 0.29) is 0 Å². The van der Waals surface area contributed by atoms with E-state index in [1.807, 2.05) is 0 Å². The van der Waals surface area contributed by atoms with Crippen LogP contribution in [0.15, 0.2) is 0 Å². The summed E-state index contributed by atoms with van der Waals surface area (Å²) in [5.41, 5.74) is 9.44. The second-order valence-corrected chi connectivity index (χ2v) is 3.94. The number of hydrogen-bond acceptors (Lipinski definition) is 2. The Morgan fingerprint density at radius 1 is 1.43 bits per heavy atom. The van der Waals surface area contributed by atoms with Crippen molar-refractivity contribution in [1.29, 1.82) is 0 Å². The molecule has 0 fully saturated rings. The highest BCUT2D eigenvalue weighted by molar-refractivity contribution is 5.28. The first kappa shape index (κ1) is 11.2. The normalized spacial score (nSPS) is 13.2. The van der Waals surface area contributed by atoms with E-state index in [2.05, 4.69) is 37.5 Å². The number of nitrogens with zero attached hydrogens (tertiary/aromatic N) is 2. The number of aryl methyl sites for hydroxylation is 2. The molecule has 1 atom stereocenters. The van der Waals surface area contributed by atoms with Gasteiger partial charge in [0, 0.05) is 12.2 Å². The van der Waals surface area contributed by atoms with Crippen molar-refractivity contribution in [1.82, 2.24) is 9.78 Å². The molecule has 1 heterocycles. The maximum Gasteiger partial charge on any atom is 0.0631 e. The first-order valence-corrected chi connectivity index (χ1v) is 5.35. The van der Waals surface area contributed by atoms with Gasteiger partial charge in [0.25, 0.3) is 0 Å². The zero-order valence-electron chi connectivity index (χ0n) is 9.67. The lowest BCUT2D eigenvalue weighted by atomic mass is 9.99. The number of aromatic nitrogens is 2. The van der Waals surface area contributed by atoms with Crippen LogP contribution in [0.1, 0.15) is 43.1 Å². The van der Waals surface area contributed by atoms with E-state index in [0.717, 1.165) is 18.7 Å². The molecule has 0 bridgehead atoms. The van der Waals surface area contributed by atoms with Crippen molar-refractivity contribution in [2.45, 2.75) is 46.6 Å². The van der Waals surface area contributed by atoms with Gasteiger partial charge in [0.05, 0.1) is 5.69 Å². The lowest BCUT2D eigenvalue weighted by molar-refractivity contribution is 0.581. The minimum atomic E-state index is 0.417. The molecule has 1 aromatic heterocycles. The van der Waals surface area contributed by atoms with Crippen LogP contribution in [0.5, 0.6) is 0 Å². The molecule has 3 heteroatoms. The quantitative estimate of drug-likeness (QED) is 0.798. The van der Waals surface area contributed by atoms with E-state index >= 15 is 0 Å². The van der Waals surface area contributed by atoms with Crippen LogP contribution >= 0.6 is 0 Å². The highest BCUT2D eigenvalue weighted by atomic mass is 15.3. The molecule has 2 N–H and O–H groups in total. The van der Waals surface area contributed by atoms with Gasteiger partial charge in [-0.2, -0.15) is 5.10 Å². The summed E-state index contributed by atoms with van der Waals surface area (Å²) in [6, 6.07) is 0. The fraction of sp³-hybridized carbons (Fsp3) is 0.727. The third-order valence-electron chi connectivity index (χ3n) is 2.72. The van der Waals surface area contributed by atoms with Crippen LogP contribution in [-0.4, -0.2) is 16.3 Å². The first-order chi connectivity index (χ1) is 6.61. The van der Waals surface area contributed by atoms with E-state index in [1.165, 1.54) is 11.3 Å². The summed E-state index contributed by atoms with van der Waals surface area (Å²) in [4.78, 5) is 0. The molecule has 0 aliphatic heterocycles. The maximum absolute atomic E-state index is 5.69. The molecule has 0 radical (unpaired) electrons. The molecule has 1 rings (SSSR count). The van der Waals surface area contributed by atoms with Gasteiger partial charge in [0.15, 0.2) is 0 Å². The standard InChI is InChI=1S/C11H21N3/c1-5-6-14-10(4)11(8(2)7-12)9(3)13-14/h8H,5-7,12H2,1-4H3. The SMILES string of the molecule is CCCn1nc(C)c(C(C)CN)c1C. The monoisotopic (exact) mass is 195 g/mol. The Balaban J connectivity index is 3.04. The van der Waals surface area contributed by atoms with E-state index in [1.54, 1.807) is 0 Å². The van der Waals surface area contributed by atoms with Crippen LogP contribution in [0, 0.1) is 13.8 Å². The molecule has 0 spiro atoms. The zero-order valence-corrected chi connectivity index (χ0v) is 9.67. The van der Waals surface area contributed by atoms with E-state index in [4.69, 9.17) is 5.73 Å². The van der Waals surface area contributed by atoms with Gasteiger partial charge in [-0.1, -0.05) is 13.8 Å². The summed E-state index contributed by atoms with van der Waals surface area (Å²) in [6.07, 6.45) is 1.12. The van der Waals surface area contributed by atoms with Crippen LogP contribution in [0.3, 0.4) is 0 Å². The van der Waals surface area contributed by atoms with Crippen molar-refractivity contribution >= 4 is 0 Å². The van der Waals surface area contributed by atoms with Gasteiger partial charge in [0.2, 0.25) is 0 Å². The molecule has 0 amide bonds. The van der Waals surface area contributed by atoms with Gasteiger partial charge in [0.1, 0.15) is 0 Å². The molecule has 0 saturated carbocycles. The van der Waals surface area contributed by atoms with Crippen molar-refractivity contribution < 1.29 is 0 Å². The molecule has 0 aliphatic rings. The van der Waals surface area contributed by atoms with Crippen molar-refractivity contribution in [2.75, 3.05) is 6.54 Å². The first-order valence-electron chi connectivity index (χ1n) is 5.35. The summed E-state index contributed by atoms with van der Waals surface area (Å²) in [6.45, 7) is 10.2. The largest absolute Gasteiger partial charge is 0.330 e. The predicted octanol–water partition coefficient (Wildman–Crippen LogP) is 1.97. The lowest BCUT2D eigenvalue weighted by Crippen LogP contribution is -2.11. The molecule has 1 aromatic rings. The van der Waals surface area contributed by atoms with Crippen LogP contribution < -0.4 is 5.73 Å². The topological polar surface area (TPSA) is 43.8 Å². The highest BCUT2D eigenvalue weighted by Crippen LogP contribution is 2.22. The molecule has 3 nitrogen and oxygen atoms in total. The second kappa shape index (κ2) is 4.60. The third-order valence-corrected chi connectivity index (χ3v) is 2.72. The average Bonchev–Trinajstić information content (AvgIpc) is 2.42. The highest BCUT2D eigenvalue weighted by Gasteiger charge is 2.15. The van der Waals surface area contributed by atoms with E-state index in [9.17, 15) is 0 Å². The van der Waals surface area contributed by atoms with E-state index in [0.29, 0.717) is 12.5 Å².